The third-order valence-corrected chi connectivity index (χ3v) is 2.42. The fraction of sp³-hybridized carbons (Fsp3) is 0. The van der Waals surface area contributed by atoms with Crippen LogP contribution in [0, 0.1) is 0 Å². The number of rotatable bonds is 2. The van der Waals surface area contributed by atoms with Crippen LogP contribution >= 0.6 is 34.8 Å². The van der Waals surface area contributed by atoms with Gasteiger partial charge in [0.1, 0.15) is 5.75 Å². The van der Waals surface area contributed by atoms with Crippen molar-refractivity contribution in [2.45, 2.75) is 0 Å². The van der Waals surface area contributed by atoms with Crippen LogP contribution < -0.4 is 4.74 Å². The molecule has 0 atom stereocenters. The summed E-state index contributed by atoms with van der Waals surface area (Å²) in [6, 6.07) is 4.89. The summed E-state index contributed by atoms with van der Waals surface area (Å²) in [5.41, 5.74) is 0. The fourth-order valence-electron chi connectivity index (χ4n) is 1.04. The first-order valence-electron chi connectivity index (χ1n) is 4.25. The summed E-state index contributed by atoms with van der Waals surface area (Å²) < 4.78 is 5.40. The monoisotopic (exact) mass is 274 g/mol. The van der Waals surface area contributed by atoms with Crippen LogP contribution in [0.5, 0.6) is 11.6 Å². The summed E-state index contributed by atoms with van der Waals surface area (Å²) in [5.74, 6) is 0.669. The number of benzene rings is 1. The maximum absolute atomic E-state index is 5.92. The van der Waals surface area contributed by atoms with Gasteiger partial charge in [-0.1, -0.05) is 34.8 Å². The minimum Gasteiger partial charge on any atom is -0.436 e. The van der Waals surface area contributed by atoms with Crippen molar-refractivity contribution in [3.05, 3.63) is 45.8 Å². The van der Waals surface area contributed by atoms with Crippen molar-refractivity contribution in [2.24, 2.45) is 0 Å². The van der Waals surface area contributed by atoms with E-state index in [2.05, 4.69) is 9.97 Å². The van der Waals surface area contributed by atoms with Gasteiger partial charge < -0.3 is 4.74 Å². The molecule has 0 spiro atoms. The average molecular weight is 276 g/mol. The van der Waals surface area contributed by atoms with E-state index < -0.39 is 0 Å². The predicted molar refractivity (Wildman–Crippen MR) is 63.6 cm³/mol. The van der Waals surface area contributed by atoms with Gasteiger partial charge in [-0.2, -0.15) is 4.98 Å². The molecule has 2 aromatic rings. The smallest absolute Gasteiger partial charge is 0.239 e. The summed E-state index contributed by atoms with van der Waals surface area (Å²) in [6.07, 6.45) is 2.84. The van der Waals surface area contributed by atoms with Crippen molar-refractivity contribution in [1.29, 1.82) is 0 Å². The number of ether oxygens (including phenoxy) is 1. The standard InChI is InChI=1S/C10H5Cl3N2O/c11-6-1-2-7(12)8(3-6)16-10-5-14-4-9(13)15-10/h1-5H. The third-order valence-electron chi connectivity index (χ3n) is 1.69. The zero-order valence-electron chi connectivity index (χ0n) is 7.82. The molecule has 16 heavy (non-hydrogen) atoms. The minimum atomic E-state index is 0.246. The molecule has 0 aliphatic heterocycles. The van der Waals surface area contributed by atoms with Crippen molar-refractivity contribution in [1.82, 2.24) is 9.97 Å². The molecule has 6 heteroatoms. The summed E-state index contributed by atoms with van der Waals surface area (Å²) in [4.78, 5) is 7.76. The van der Waals surface area contributed by atoms with E-state index in [4.69, 9.17) is 39.5 Å². The second-order valence-electron chi connectivity index (χ2n) is 2.86. The summed E-state index contributed by atoms with van der Waals surface area (Å²) in [7, 11) is 0. The van der Waals surface area contributed by atoms with Gasteiger partial charge in [-0.3, -0.25) is 4.98 Å². The van der Waals surface area contributed by atoms with Crippen molar-refractivity contribution in [3.63, 3.8) is 0 Å². The van der Waals surface area contributed by atoms with E-state index in [1.165, 1.54) is 12.4 Å². The lowest BCUT2D eigenvalue weighted by atomic mass is 10.3. The predicted octanol–water partition coefficient (Wildman–Crippen LogP) is 4.23. The molecule has 1 aromatic heterocycles. The molecule has 0 radical (unpaired) electrons. The van der Waals surface area contributed by atoms with Crippen LogP contribution in [0.25, 0.3) is 0 Å². The molecule has 0 bridgehead atoms. The highest BCUT2D eigenvalue weighted by Crippen LogP contribution is 2.31. The van der Waals surface area contributed by atoms with Gasteiger partial charge in [-0.15, -0.1) is 0 Å². The zero-order chi connectivity index (χ0) is 11.5. The van der Waals surface area contributed by atoms with Crippen molar-refractivity contribution < 1.29 is 4.74 Å². The Labute approximate surface area is 107 Å². The van der Waals surface area contributed by atoms with Gasteiger partial charge in [0.25, 0.3) is 0 Å². The molecular weight excluding hydrogens is 270 g/mol. The molecule has 3 nitrogen and oxygen atoms in total. The molecule has 82 valence electrons. The molecular formula is C10H5Cl3N2O. The van der Waals surface area contributed by atoms with Gasteiger partial charge in [0.05, 0.1) is 17.4 Å². The Morgan fingerprint density at radius 3 is 2.62 bits per heavy atom. The van der Waals surface area contributed by atoms with Crippen molar-refractivity contribution in [3.8, 4) is 11.6 Å². The summed E-state index contributed by atoms with van der Waals surface area (Å²) in [6.45, 7) is 0. The molecule has 0 unspecified atom stereocenters. The van der Waals surface area contributed by atoms with Gasteiger partial charge in [0.2, 0.25) is 5.88 Å². The van der Waals surface area contributed by atoms with E-state index in [-0.39, 0.29) is 11.0 Å². The molecule has 1 aromatic carbocycles. The SMILES string of the molecule is Clc1ccc(Cl)c(Oc2cncc(Cl)n2)c1. The number of hydrogen-bond donors (Lipinski definition) is 0. The second kappa shape index (κ2) is 4.87. The van der Waals surface area contributed by atoms with Crippen molar-refractivity contribution in [2.75, 3.05) is 0 Å². The van der Waals surface area contributed by atoms with E-state index in [1.807, 2.05) is 0 Å². The van der Waals surface area contributed by atoms with Crippen LogP contribution in [-0.4, -0.2) is 9.97 Å². The molecule has 0 N–H and O–H groups in total. The highest BCUT2D eigenvalue weighted by atomic mass is 35.5. The quantitative estimate of drug-likeness (QED) is 0.822. The molecule has 0 saturated carbocycles. The van der Waals surface area contributed by atoms with Crippen LogP contribution in [0.1, 0.15) is 0 Å². The Bertz CT molecular complexity index is 519. The van der Waals surface area contributed by atoms with E-state index in [0.29, 0.717) is 15.8 Å². The van der Waals surface area contributed by atoms with Crippen LogP contribution in [0.3, 0.4) is 0 Å². The Kier molecular flexibility index (Phi) is 3.49. The number of hydrogen-bond acceptors (Lipinski definition) is 3. The zero-order valence-corrected chi connectivity index (χ0v) is 10.1. The Balaban J connectivity index is 2.30. The van der Waals surface area contributed by atoms with E-state index in [0.717, 1.165) is 0 Å². The topological polar surface area (TPSA) is 35.0 Å². The van der Waals surface area contributed by atoms with Crippen LogP contribution in [0.2, 0.25) is 15.2 Å². The third kappa shape index (κ3) is 2.76. The minimum absolute atomic E-state index is 0.246. The van der Waals surface area contributed by atoms with E-state index in [9.17, 15) is 0 Å². The first kappa shape index (κ1) is 11.5. The highest BCUT2D eigenvalue weighted by molar-refractivity contribution is 6.34. The first-order valence-corrected chi connectivity index (χ1v) is 5.39. The summed E-state index contributed by atoms with van der Waals surface area (Å²) >= 11 is 17.4. The molecule has 0 aliphatic carbocycles. The fourth-order valence-corrected chi connectivity index (χ4v) is 1.50. The Morgan fingerprint density at radius 1 is 1.06 bits per heavy atom. The van der Waals surface area contributed by atoms with Crippen LogP contribution in [0.4, 0.5) is 0 Å². The number of aromatic nitrogens is 2. The Morgan fingerprint density at radius 2 is 1.88 bits per heavy atom. The maximum atomic E-state index is 5.92. The van der Waals surface area contributed by atoms with E-state index >= 15 is 0 Å². The maximum Gasteiger partial charge on any atom is 0.239 e. The largest absolute Gasteiger partial charge is 0.436 e. The highest BCUT2D eigenvalue weighted by Gasteiger charge is 2.05. The molecule has 0 saturated heterocycles. The van der Waals surface area contributed by atoms with Gasteiger partial charge in [0, 0.05) is 11.1 Å². The number of halogens is 3. The first-order chi connectivity index (χ1) is 7.65. The molecule has 0 amide bonds. The van der Waals surface area contributed by atoms with Gasteiger partial charge in [-0.25, -0.2) is 0 Å². The summed E-state index contributed by atoms with van der Waals surface area (Å²) in [5, 5.41) is 1.20. The molecule has 1 heterocycles. The molecule has 0 fully saturated rings. The second-order valence-corrected chi connectivity index (χ2v) is 4.09. The van der Waals surface area contributed by atoms with Gasteiger partial charge >= 0.3 is 0 Å². The number of nitrogens with zero attached hydrogens (tertiary/aromatic N) is 2. The van der Waals surface area contributed by atoms with Crippen LogP contribution in [0.15, 0.2) is 30.6 Å². The van der Waals surface area contributed by atoms with Crippen LogP contribution in [-0.2, 0) is 0 Å². The lowest BCUT2D eigenvalue weighted by Crippen LogP contribution is -1.90. The Hall–Kier alpha value is -1.03. The average Bonchev–Trinajstić information content (AvgIpc) is 2.24. The molecule has 0 aliphatic rings. The normalized spacial score (nSPS) is 10.2. The van der Waals surface area contributed by atoms with Gasteiger partial charge in [-0.05, 0) is 12.1 Å². The van der Waals surface area contributed by atoms with Gasteiger partial charge in [0.15, 0.2) is 5.15 Å². The van der Waals surface area contributed by atoms with E-state index in [1.54, 1.807) is 18.2 Å². The lowest BCUT2D eigenvalue weighted by Gasteiger charge is -2.06. The molecule has 2 rings (SSSR count). The lowest BCUT2D eigenvalue weighted by molar-refractivity contribution is 0.460. The van der Waals surface area contributed by atoms with Crippen molar-refractivity contribution >= 4 is 34.8 Å².